The van der Waals surface area contributed by atoms with Gasteiger partial charge in [0, 0.05) is 29.3 Å². The number of carbonyl (C=O) groups is 1. The van der Waals surface area contributed by atoms with E-state index in [2.05, 4.69) is 15.0 Å². The molecule has 1 aliphatic rings. The molecule has 0 amide bonds. The lowest BCUT2D eigenvalue weighted by Gasteiger charge is -2.17. The molecule has 33 heavy (non-hydrogen) atoms. The number of aryl methyl sites for hydroxylation is 3. The zero-order chi connectivity index (χ0) is 23.1. The molecule has 0 spiro atoms. The quantitative estimate of drug-likeness (QED) is 0.448. The van der Waals surface area contributed by atoms with Gasteiger partial charge in [-0.15, -0.1) is 0 Å². The monoisotopic (exact) mass is 442 g/mol. The molecule has 166 valence electrons. The molecule has 0 bridgehead atoms. The van der Waals surface area contributed by atoms with Crippen LogP contribution in [0, 0.1) is 20.8 Å². The van der Waals surface area contributed by atoms with Crippen molar-refractivity contribution >= 4 is 16.8 Å². The summed E-state index contributed by atoms with van der Waals surface area (Å²) in [6.45, 7) is 6.86. The summed E-state index contributed by atoms with van der Waals surface area (Å²) >= 11 is 0. The third-order valence-corrected chi connectivity index (χ3v) is 5.68. The number of pyridine rings is 4. The summed E-state index contributed by atoms with van der Waals surface area (Å²) in [5.74, 6) is 0.301. The van der Waals surface area contributed by atoms with E-state index < -0.39 is 5.78 Å². The lowest BCUT2D eigenvalue weighted by Crippen LogP contribution is -2.22. The molecule has 8 heteroatoms. The van der Waals surface area contributed by atoms with Gasteiger partial charge in [0.05, 0.1) is 23.2 Å². The van der Waals surface area contributed by atoms with Crippen LogP contribution >= 0.6 is 0 Å². The van der Waals surface area contributed by atoms with E-state index in [1.54, 1.807) is 18.3 Å². The van der Waals surface area contributed by atoms with Crippen molar-refractivity contribution in [2.45, 2.75) is 27.3 Å². The fourth-order valence-electron chi connectivity index (χ4n) is 3.86. The van der Waals surface area contributed by atoms with Crippen LogP contribution < -0.4 is 14.9 Å². The second-order valence-corrected chi connectivity index (χ2v) is 8.09. The van der Waals surface area contributed by atoms with Crippen LogP contribution in [0.5, 0.6) is 11.6 Å². The SMILES string of the molecule is Cc1cccc(Cn2cc(C(=O)c3cnc4c(c3)OCCO4)c(=O)c3cc(C)c(C)nc32)n1. The summed E-state index contributed by atoms with van der Waals surface area (Å²) in [5, 5.41) is 0.391. The Morgan fingerprint density at radius 3 is 2.73 bits per heavy atom. The molecule has 0 saturated carbocycles. The lowest BCUT2D eigenvalue weighted by atomic mass is 10.0. The summed E-state index contributed by atoms with van der Waals surface area (Å²) in [7, 11) is 0. The highest BCUT2D eigenvalue weighted by molar-refractivity contribution is 6.10. The van der Waals surface area contributed by atoms with Crippen molar-refractivity contribution in [3.8, 4) is 11.6 Å². The Labute approximate surface area is 189 Å². The van der Waals surface area contributed by atoms with Gasteiger partial charge in [-0.1, -0.05) is 6.07 Å². The van der Waals surface area contributed by atoms with Gasteiger partial charge in [-0.3, -0.25) is 14.6 Å². The number of ketones is 1. The molecule has 0 saturated heterocycles. The highest BCUT2D eigenvalue weighted by atomic mass is 16.6. The summed E-state index contributed by atoms with van der Waals surface area (Å²) < 4.78 is 12.8. The number of hydrogen-bond acceptors (Lipinski definition) is 7. The highest BCUT2D eigenvalue weighted by Crippen LogP contribution is 2.28. The standard InChI is InChI=1S/C25H22N4O4/c1-14-9-19-23(31)20(22(30)17-10-21-25(26-11-17)33-8-7-32-21)13-29(24(19)28-16(14)3)12-18-6-4-5-15(2)27-18/h4-6,9-11,13H,7-8,12H2,1-3H3. The molecule has 8 nitrogen and oxygen atoms in total. The number of ether oxygens (including phenoxy) is 2. The normalized spacial score (nSPS) is 12.7. The molecule has 4 aromatic rings. The van der Waals surface area contributed by atoms with Crippen molar-refractivity contribution < 1.29 is 14.3 Å². The first kappa shape index (κ1) is 20.8. The van der Waals surface area contributed by atoms with Crippen molar-refractivity contribution in [3.05, 3.63) is 86.7 Å². The molecular formula is C25H22N4O4. The highest BCUT2D eigenvalue weighted by Gasteiger charge is 2.22. The third-order valence-electron chi connectivity index (χ3n) is 5.68. The largest absolute Gasteiger partial charge is 0.484 e. The number of hydrogen-bond donors (Lipinski definition) is 0. The van der Waals surface area contributed by atoms with E-state index in [0.29, 0.717) is 42.4 Å². The van der Waals surface area contributed by atoms with E-state index in [1.165, 1.54) is 6.20 Å². The molecule has 0 N–H and O–H groups in total. The first-order chi connectivity index (χ1) is 15.9. The maximum Gasteiger partial charge on any atom is 0.257 e. The van der Waals surface area contributed by atoms with Crippen LogP contribution in [-0.2, 0) is 6.54 Å². The Morgan fingerprint density at radius 1 is 1.09 bits per heavy atom. The van der Waals surface area contributed by atoms with Gasteiger partial charge in [0.25, 0.3) is 5.88 Å². The number of fused-ring (bicyclic) bond motifs is 2. The van der Waals surface area contributed by atoms with Crippen LogP contribution in [-0.4, -0.2) is 38.5 Å². The maximum absolute atomic E-state index is 13.4. The molecule has 5 rings (SSSR count). The maximum atomic E-state index is 13.4. The summed E-state index contributed by atoms with van der Waals surface area (Å²) in [6.07, 6.45) is 2.97. The Morgan fingerprint density at radius 2 is 1.91 bits per heavy atom. The van der Waals surface area contributed by atoms with Gasteiger partial charge in [0.15, 0.2) is 11.5 Å². The minimum Gasteiger partial charge on any atom is -0.484 e. The zero-order valence-electron chi connectivity index (χ0n) is 18.6. The first-order valence-corrected chi connectivity index (χ1v) is 10.6. The van der Waals surface area contributed by atoms with Crippen molar-refractivity contribution in [2.24, 2.45) is 0 Å². The molecule has 0 aliphatic carbocycles. The van der Waals surface area contributed by atoms with E-state index in [0.717, 1.165) is 22.6 Å². The van der Waals surface area contributed by atoms with Crippen molar-refractivity contribution in [1.29, 1.82) is 0 Å². The van der Waals surface area contributed by atoms with E-state index in [4.69, 9.17) is 9.47 Å². The van der Waals surface area contributed by atoms with Crippen LogP contribution in [0.3, 0.4) is 0 Å². The summed E-state index contributed by atoms with van der Waals surface area (Å²) in [4.78, 5) is 40.2. The van der Waals surface area contributed by atoms with E-state index in [1.807, 2.05) is 43.5 Å². The molecular weight excluding hydrogens is 420 g/mol. The Hall–Kier alpha value is -4.07. The molecule has 5 heterocycles. The van der Waals surface area contributed by atoms with Crippen molar-refractivity contribution in [3.63, 3.8) is 0 Å². The number of rotatable bonds is 4. The van der Waals surface area contributed by atoms with Gasteiger partial charge >= 0.3 is 0 Å². The fraction of sp³-hybridized carbons (Fsp3) is 0.240. The van der Waals surface area contributed by atoms with Crippen LogP contribution in [0.15, 0.2) is 47.5 Å². The van der Waals surface area contributed by atoms with E-state index in [9.17, 15) is 9.59 Å². The minimum absolute atomic E-state index is 0.0404. The van der Waals surface area contributed by atoms with Gasteiger partial charge < -0.3 is 14.0 Å². The average Bonchev–Trinajstić information content (AvgIpc) is 2.81. The lowest BCUT2D eigenvalue weighted by molar-refractivity contribution is 0.103. The zero-order valence-corrected chi connectivity index (χ0v) is 18.6. The van der Waals surface area contributed by atoms with Gasteiger partial charge in [-0.05, 0) is 50.6 Å². The Kier molecular flexibility index (Phi) is 5.12. The number of carbonyl (C=O) groups excluding carboxylic acids is 1. The van der Waals surface area contributed by atoms with Crippen LogP contribution in [0.4, 0.5) is 0 Å². The summed E-state index contributed by atoms with van der Waals surface area (Å²) in [5.41, 5.74) is 3.84. The molecule has 1 aliphatic heterocycles. The van der Waals surface area contributed by atoms with Gasteiger partial charge in [0.2, 0.25) is 5.43 Å². The fourth-order valence-corrected chi connectivity index (χ4v) is 3.86. The smallest absolute Gasteiger partial charge is 0.257 e. The molecule has 0 radical (unpaired) electrons. The Bertz CT molecular complexity index is 1480. The van der Waals surface area contributed by atoms with E-state index in [-0.39, 0.29) is 16.6 Å². The van der Waals surface area contributed by atoms with Crippen LogP contribution in [0.2, 0.25) is 0 Å². The number of aromatic nitrogens is 4. The molecule has 0 aromatic carbocycles. The van der Waals surface area contributed by atoms with Gasteiger partial charge in [-0.25, -0.2) is 9.97 Å². The second-order valence-electron chi connectivity index (χ2n) is 8.09. The van der Waals surface area contributed by atoms with E-state index >= 15 is 0 Å². The first-order valence-electron chi connectivity index (χ1n) is 10.6. The van der Waals surface area contributed by atoms with Crippen LogP contribution in [0.25, 0.3) is 11.0 Å². The Balaban J connectivity index is 1.67. The van der Waals surface area contributed by atoms with Crippen molar-refractivity contribution in [2.75, 3.05) is 13.2 Å². The second kappa shape index (κ2) is 8.12. The average molecular weight is 442 g/mol. The molecule has 0 unspecified atom stereocenters. The molecule has 4 aromatic heterocycles. The topological polar surface area (TPSA) is 96.2 Å². The van der Waals surface area contributed by atoms with Crippen LogP contribution in [0.1, 0.15) is 38.6 Å². The number of nitrogens with zero attached hydrogens (tertiary/aromatic N) is 4. The minimum atomic E-state index is -0.435. The third kappa shape index (κ3) is 3.84. The summed E-state index contributed by atoms with van der Waals surface area (Å²) in [6, 6.07) is 9.11. The predicted molar refractivity (Wildman–Crippen MR) is 122 cm³/mol. The van der Waals surface area contributed by atoms with Gasteiger partial charge in [0.1, 0.15) is 18.9 Å². The van der Waals surface area contributed by atoms with Crippen molar-refractivity contribution in [1.82, 2.24) is 19.5 Å². The molecule has 0 atom stereocenters. The predicted octanol–water partition coefficient (Wildman–Crippen LogP) is 3.16. The molecule has 0 fully saturated rings. The van der Waals surface area contributed by atoms with Gasteiger partial charge in [-0.2, -0.15) is 0 Å².